The van der Waals surface area contributed by atoms with Crippen LogP contribution in [0.25, 0.3) is 0 Å². The van der Waals surface area contributed by atoms with Gasteiger partial charge in [-0.25, -0.2) is 8.42 Å². The second-order valence-corrected chi connectivity index (χ2v) is 9.66. The van der Waals surface area contributed by atoms with Crippen LogP contribution in [0, 0.1) is 11.3 Å². The van der Waals surface area contributed by atoms with E-state index in [1.165, 1.54) is 35.7 Å². The zero-order valence-corrected chi connectivity index (χ0v) is 20.2. The Morgan fingerprint density at radius 2 is 1.74 bits per heavy atom. The molecule has 0 bridgehead atoms. The standard InChI is InChI=1S/C24H29N3O6S/c1-3-32-23-14-18(16-25)8-10-22(23)33-17-24(28)26-20-15-19(9-11-21(20)31-2)34(29,30)27-12-6-4-5-7-13-27/h8-11,14-15H,3-7,12-13,17H2,1-2H3,(H,26,28). The van der Waals surface area contributed by atoms with Crippen molar-refractivity contribution in [2.75, 3.05) is 38.7 Å². The van der Waals surface area contributed by atoms with E-state index in [1.54, 1.807) is 19.1 Å². The second-order valence-electron chi connectivity index (χ2n) is 7.72. The number of nitrogens with zero attached hydrogens (tertiary/aromatic N) is 2. The third-order valence-electron chi connectivity index (χ3n) is 5.38. The molecular formula is C24H29N3O6S. The average Bonchev–Trinajstić information content (AvgIpc) is 3.13. The molecule has 34 heavy (non-hydrogen) atoms. The number of carbonyl (C=O) groups excluding carboxylic acids is 1. The summed E-state index contributed by atoms with van der Waals surface area (Å²) in [5, 5.41) is 11.7. The largest absolute Gasteiger partial charge is 0.495 e. The van der Waals surface area contributed by atoms with Crippen molar-refractivity contribution in [3.8, 4) is 23.3 Å². The Hall–Kier alpha value is -3.29. The van der Waals surface area contributed by atoms with Gasteiger partial charge in [0, 0.05) is 19.2 Å². The van der Waals surface area contributed by atoms with Crippen molar-refractivity contribution in [1.82, 2.24) is 4.31 Å². The molecular weight excluding hydrogens is 458 g/mol. The number of ether oxygens (including phenoxy) is 3. The number of sulfonamides is 1. The first kappa shape index (κ1) is 25.3. The fraction of sp³-hybridized carbons (Fsp3) is 0.417. The highest BCUT2D eigenvalue weighted by Gasteiger charge is 2.26. The van der Waals surface area contributed by atoms with Crippen molar-refractivity contribution >= 4 is 21.6 Å². The molecule has 0 saturated carbocycles. The third kappa shape index (κ3) is 6.18. The van der Waals surface area contributed by atoms with Crippen molar-refractivity contribution in [3.63, 3.8) is 0 Å². The zero-order valence-electron chi connectivity index (χ0n) is 19.4. The van der Waals surface area contributed by atoms with Crippen LogP contribution in [0.1, 0.15) is 38.2 Å². The molecule has 1 heterocycles. The Balaban J connectivity index is 1.75. The van der Waals surface area contributed by atoms with Gasteiger partial charge in [-0.1, -0.05) is 12.8 Å². The number of hydrogen-bond acceptors (Lipinski definition) is 7. The van der Waals surface area contributed by atoms with Crippen molar-refractivity contribution in [2.45, 2.75) is 37.5 Å². The van der Waals surface area contributed by atoms with Crippen molar-refractivity contribution in [2.24, 2.45) is 0 Å². The molecule has 182 valence electrons. The summed E-state index contributed by atoms with van der Waals surface area (Å²) in [4.78, 5) is 12.7. The van der Waals surface area contributed by atoms with Crippen LogP contribution in [0.4, 0.5) is 5.69 Å². The summed E-state index contributed by atoms with van der Waals surface area (Å²) in [6, 6.07) is 11.1. The summed E-state index contributed by atoms with van der Waals surface area (Å²) in [5.74, 6) is 0.504. The van der Waals surface area contributed by atoms with E-state index in [-0.39, 0.29) is 17.2 Å². The zero-order chi connectivity index (χ0) is 24.6. The van der Waals surface area contributed by atoms with E-state index < -0.39 is 15.9 Å². The highest BCUT2D eigenvalue weighted by atomic mass is 32.2. The third-order valence-corrected chi connectivity index (χ3v) is 7.27. The maximum atomic E-state index is 13.2. The smallest absolute Gasteiger partial charge is 0.262 e. The minimum absolute atomic E-state index is 0.0946. The molecule has 3 rings (SSSR count). The number of anilines is 1. The highest BCUT2D eigenvalue weighted by molar-refractivity contribution is 7.89. The lowest BCUT2D eigenvalue weighted by Gasteiger charge is -2.21. The van der Waals surface area contributed by atoms with E-state index in [0.29, 0.717) is 42.5 Å². The van der Waals surface area contributed by atoms with Gasteiger partial charge in [0.1, 0.15) is 5.75 Å². The van der Waals surface area contributed by atoms with Crippen LogP contribution in [0.2, 0.25) is 0 Å². The Kier molecular flexibility index (Phi) is 8.73. The molecule has 0 aliphatic carbocycles. The minimum atomic E-state index is -3.69. The molecule has 0 atom stereocenters. The molecule has 1 fully saturated rings. The van der Waals surface area contributed by atoms with Gasteiger partial charge in [-0.15, -0.1) is 0 Å². The number of amides is 1. The van der Waals surface area contributed by atoms with Crippen LogP contribution in [0.3, 0.4) is 0 Å². The molecule has 0 aromatic heterocycles. The van der Waals surface area contributed by atoms with Crippen LogP contribution in [-0.4, -0.2) is 52.0 Å². The molecule has 1 aliphatic heterocycles. The Bertz CT molecular complexity index is 1150. The normalized spacial score (nSPS) is 14.5. The lowest BCUT2D eigenvalue weighted by molar-refractivity contribution is -0.118. The molecule has 0 radical (unpaired) electrons. The summed E-state index contributed by atoms with van der Waals surface area (Å²) in [5.41, 5.74) is 0.643. The topological polar surface area (TPSA) is 118 Å². The lowest BCUT2D eigenvalue weighted by atomic mass is 10.2. The van der Waals surface area contributed by atoms with Gasteiger partial charge >= 0.3 is 0 Å². The Morgan fingerprint density at radius 3 is 2.38 bits per heavy atom. The number of nitrogens with one attached hydrogen (secondary N) is 1. The first-order chi connectivity index (χ1) is 16.4. The molecule has 9 nitrogen and oxygen atoms in total. The average molecular weight is 488 g/mol. The van der Waals surface area contributed by atoms with Gasteiger partial charge in [-0.2, -0.15) is 9.57 Å². The Morgan fingerprint density at radius 1 is 1.03 bits per heavy atom. The second kappa shape index (κ2) is 11.7. The predicted octanol–water partition coefficient (Wildman–Crippen LogP) is 3.55. The number of hydrogen-bond donors (Lipinski definition) is 1. The SMILES string of the molecule is CCOc1cc(C#N)ccc1OCC(=O)Nc1cc(S(=O)(=O)N2CCCCCC2)ccc1OC. The van der Waals surface area contributed by atoms with Gasteiger partial charge in [-0.3, -0.25) is 4.79 Å². The molecule has 1 amide bonds. The van der Waals surface area contributed by atoms with E-state index in [9.17, 15) is 13.2 Å². The fourth-order valence-electron chi connectivity index (χ4n) is 3.67. The lowest BCUT2D eigenvalue weighted by Crippen LogP contribution is -2.32. The summed E-state index contributed by atoms with van der Waals surface area (Å²) in [6.07, 6.45) is 3.69. The molecule has 1 N–H and O–H groups in total. The van der Waals surface area contributed by atoms with Crippen molar-refractivity contribution in [1.29, 1.82) is 5.26 Å². The van der Waals surface area contributed by atoms with Crippen LogP contribution >= 0.6 is 0 Å². The van der Waals surface area contributed by atoms with E-state index in [0.717, 1.165) is 25.7 Å². The quantitative estimate of drug-likeness (QED) is 0.575. The first-order valence-electron chi connectivity index (χ1n) is 11.2. The number of methoxy groups -OCH3 is 1. The molecule has 1 aliphatic rings. The van der Waals surface area contributed by atoms with Crippen molar-refractivity contribution < 1.29 is 27.4 Å². The number of nitriles is 1. The van der Waals surface area contributed by atoms with Crippen molar-refractivity contribution in [3.05, 3.63) is 42.0 Å². The highest BCUT2D eigenvalue weighted by Crippen LogP contribution is 2.31. The van der Waals surface area contributed by atoms with E-state index in [1.807, 2.05) is 6.07 Å². The molecule has 2 aromatic rings. The van der Waals surface area contributed by atoms with Gasteiger partial charge in [0.2, 0.25) is 10.0 Å². The molecule has 10 heteroatoms. The molecule has 0 unspecified atom stereocenters. The van der Waals surface area contributed by atoms with Gasteiger partial charge in [0.15, 0.2) is 18.1 Å². The number of benzene rings is 2. The molecule has 0 spiro atoms. The van der Waals surface area contributed by atoms with Crippen LogP contribution < -0.4 is 19.5 Å². The van der Waals surface area contributed by atoms with Gasteiger partial charge in [0.05, 0.1) is 35.9 Å². The summed E-state index contributed by atoms with van der Waals surface area (Å²) in [7, 11) is -2.25. The first-order valence-corrected chi connectivity index (χ1v) is 12.6. The predicted molar refractivity (Wildman–Crippen MR) is 127 cm³/mol. The monoisotopic (exact) mass is 487 g/mol. The van der Waals surface area contributed by atoms with Gasteiger partial charge in [0.25, 0.3) is 5.91 Å². The molecule has 1 saturated heterocycles. The van der Waals surface area contributed by atoms with Crippen LogP contribution in [0.15, 0.2) is 41.3 Å². The maximum absolute atomic E-state index is 13.2. The summed E-state index contributed by atoms with van der Waals surface area (Å²) < 4.78 is 44.2. The van der Waals surface area contributed by atoms with E-state index in [2.05, 4.69) is 5.32 Å². The van der Waals surface area contributed by atoms with Crippen LogP contribution in [-0.2, 0) is 14.8 Å². The minimum Gasteiger partial charge on any atom is -0.495 e. The maximum Gasteiger partial charge on any atom is 0.262 e. The van der Waals surface area contributed by atoms with E-state index >= 15 is 0 Å². The number of carbonyl (C=O) groups is 1. The Labute approximate surface area is 200 Å². The van der Waals surface area contributed by atoms with Gasteiger partial charge < -0.3 is 19.5 Å². The van der Waals surface area contributed by atoms with Crippen LogP contribution in [0.5, 0.6) is 17.2 Å². The summed E-state index contributed by atoms with van der Waals surface area (Å²) >= 11 is 0. The molecule has 2 aromatic carbocycles. The van der Waals surface area contributed by atoms with Gasteiger partial charge in [-0.05, 0) is 50.1 Å². The number of rotatable bonds is 9. The fourth-order valence-corrected chi connectivity index (χ4v) is 5.21. The summed E-state index contributed by atoms with van der Waals surface area (Å²) in [6.45, 7) is 2.78. The van der Waals surface area contributed by atoms with E-state index in [4.69, 9.17) is 19.5 Å².